The number of nitrogens with zero attached hydrogens (tertiary/aromatic N) is 1. The molecule has 1 heterocycles. The van der Waals surface area contributed by atoms with Crippen LogP contribution in [0.4, 0.5) is 0 Å². The minimum Gasteiger partial charge on any atom is -0.462 e. The molecule has 110 valence electrons. The molecular formula is C15H21NO4. The molecule has 0 radical (unpaired) electrons. The summed E-state index contributed by atoms with van der Waals surface area (Å²) in [6.07, 6.45) is 0.436. The van der Waals surface area contributed by atoms with E-state index in [-0.39, 0.29) is 18.4 Å². The molecule has 20 heavy (non-hydrogen) atoms. The Bertz CT molecular complexity index is 442. The van der Waals surface area contributed by atoms with Crippen molar-refractivity contribution in [3.63, 3.8) is 0 Å². The first-order valence-corrected chi connectivity index (χ1v) is 6.70. The Morgan fingerprint density at radius 1 is 1.15 bits per heavy atom. The second-order valence-electron chi connectivity index (χ2n) is 5.25. The van der Waals surface area contributed by atoms with Gasteiger partial charge in [-0.15, -0.1) is 0 Å². The number of aromatic nitrogens is 1. The zero-order valence-electron chi connectivity index (χ0n) is 12.3. The maximum Gasteiger partial charge on any atom is 0.353 e. The average Bonchev–Trinajstić information content (AvgIpc) is 2.42. The number of hydrogen-bond acceptors (Lipinski definition) is 5. The Kier molecular flexibility index (Phi) is 6.15. The van der Waals surface area contributed by atoms with Gasteiger partial charge in [0.25, 0.3) is 0 Å². The van der Waals surface area contributed by atoms with E-state index in [9.17, 15) is 9.59 Å². The number of ether oxygens (including phenoxy) is 2. The fourth-order valence-electron chi connectivity index (χ4n) is 1.34. The molecule has 0 spiro atoms. The Balaban J connectivity index is 2.84. The molecule has 1 aromatic rings. The summed E-state index contributed by atoms with van der Waals surface area (Å²) in [7, 11) is 0. The average molecular weight is 279 g/mol. The summed E-state index contributed by atoms with van der Waals surface area (Å²) in [5.41, 5.74) is 0.371. The van der Waals surface area contributed by atoms with Crippen molar-refractivity contribution in [1.29, 1.82) is 0 Å². The summed E-state index contributed by atoms with van der Waals surface area (Å²) < 4.78 is 10.4. The number of carbonyl (C=O) groups is 2. The van der Waals surface area contributed by atoms with Gasteiger partial charge in [0.2, 0.25) is 6.10 Å². The van der Waals surface area contributed by atoms with Crippen molar-refractivity contribution >= 4 is 11.9 Å². The molecule has 0 saturated heterocycles. The van der Waals surface area contributed by atoms with E-state index in [0.29, 0.717) is 5.69 Å². The monoisotopic (exact) mass is 279 g/mol. The lowest BCUT2D eigenvalue weighted by Crippen LogP contribution is -2.26. The third-order valence-corrected chi connectivity index (χ3v) is 2.43. The number of esters is 2. The summed E-state index contributed by atoms with van der Waals surface area (Å²) in [4.78, 5) is 27.8. The van der Waals surface area contributed by atoms with Gasteiger partial charge < -0.3 is 9.47 Å². The zero-order chi connectivity index (χ0) is 15.1. The maximum absolute atomic E-state index is 12.1. The minimum atomic E-state index is -1.11. The Labute approximate surface area is 119 Å². The van der Waals surface area contributed by atoms with Gasteiger partial charge in [-0.3, -0.25) is 9.78 Å². The van der Waals surface area contributed by atoms with Crippen LogP contribution in [0.25, 0.3) is 0 Å². The van der Waals surface area contributed by atoms with Crippen molar-refractivity contribution in [2.75, 3.05) is 6.61 Å². The Morgan fingerprint density at radius 2 is 1.85 bits per heavy atom. The van der Waals surface area contributed by atoms with Gasteiger partial charge in [-0.05, 0) is 18.1 Å². The van der Waals surface area contributed by atoms with Crippen LogP contribution in [-0.2, 0) is 19.1 Å². The summed E-state index contributed by atoms with van der Waals surface area (Å²) >= 11 is 0. The Morgan fingerprint density at radius 3 is 2.35 bits per heavy atom. The van der Waals surface area contributed by atoms with Crippen molar-refractivity contribution in [3.05, 3.63) is 30.1 Å². The highest BCUT2D eigenvalue weighted by Crippen LogP contribution is 2.19. The lowest BCUT2D eigenvalue weighted by Gasteiger charge is -2.18. The minimum absolute atomic E-state index is 0.212. The van der Waals surface area contributed by atoms with E-state index >= 15 is 0 Å². The second-order valence-corrected chi connectivity index (χ2v) is 5.25. The molecule has 5 nitrogen and oxygen atoms in total. The third kappa shape index (κ3) is 4.99. The van der Waals surface area contributed by atoms with Crippen molar-refractivity contribution in [3.8, 4) is 0 Å². The third-order valence-electron chi connectivity index (χ3n) is 2.43. The quantitative estimate of drug-likeness (QED) is 0.749. The first-order chi connectivity index (χ1) is 9.41. The van der Waals surface area contributed by atoms with E-state index in [1.807, 2.05) is 13.8 Å². The molecular weight excluding hydrogens is 258 g/mol. The fraction of sp³-hybridized carbons (Fsp3) is 0.533. The SMILES string of the molecule is CC(C)COC(=O)C(OC(=O)C(C)C)c1ccccn1. The largest absolute Gasteiger partial charge is 0.462 e. The number of rotatable bonds is 6. The zero-order valence-corrected chi connectivity index (χ0v) is 12.3. The highest BCUT2D eigenvalue weighted by atomic mass is 16.6. The molecule has 5 heteroatoms. The molecule has 0 saturated carbocycles. The number of pyridine rings is 1. The van der Waals surface area contributed by atoms with Crippen molar-refractivity contribution in [2.24, 2.45) is 11.8 Å². The molecule has 0 aliphatic heterocycles. The van der Waals surface area contributed by atoms with Gasteiger partial charge in [0.15, 0.2) is 0 Å². The lowest BCUT2D eigenvalue weighted by molar-refractivity contribution is -0.171. The molecule has 0 bridgehead atoms. The second kappa shape index (κ2) is 7.62. The molecule has 0 aromatic carbocycles. The highest BCUT2D eigenvalue weighted by molar-refractivity contribution is 5.80. The van der Waals surface area contributed by atoms with Gasteiger partial charge in [-0.25, -0.2) is 4.79 Å². The van der Waals surface area contributed by atoms with Gasteiger partial charge in [-0.2, -0.15) is 0 Å². The van der Waals surface area contributed by atoms with Crippen molar-refractivity contribution in [1.82, 2.24) is 4.98 Å². The van der Waals surface area contributed by atoms with Crippen LogP contribution in [0.5, 0.6) is 0 Å². The van der Waals surface area contributed by atoms with E-state index in [2.05, 4.69) is 4.98 Å². The number of carbonyl (C=O) groups excluding carboxylic acids is 2. The van der Waals surface area contributed by atoms with Crippen LogP contribution in [0.15, 0.2) is 24.4 Å². The van der Waals surface area contributed by atoms with E-state index < -0.39 is 18.0 Å². The standard InChI is InChI=1S/C15H21NO4/c1-10(2)9-19-15(18)13(20-14(17)11(3)4)12-7-5-6-8-16-12/h5-8,10-11,13H,9H2,1-4H3. The molecule has 0 amide bonds. The molecule has 1 rings (SSSR count). The van der Waals surface area contributed by atoms with Gasteiger partial charge in [0, 0.05) is 6.20 Å². The normalized spacial score (nSPS) is 12.3. The van der Waals surface area contributed by atoms with Crippen molar-refractivity contribution < 1.29 is 19.1 Å². The molecule has 0 fully saturated rings. The number of hydrogen-bond donors (Lipinski definition) is 0. The maximum atomic E-state index is 12.1. The smallest absolute Gasteiger partial charge is 0.353 e. The van der Waals surface area contributed by atoms with Crippen LogP contribution in [0, 0.1) is 11.8 Å². The molecule has 1 atom stereocenters. The van der Waals surface area contributed by atoms with Crippen molar-refractivity contribution in [2.45, 2.75) is 33.8 Å². The van der Waals surface area contributed by atoms with Crippen LogP contribution in [0.1, 0.15) is 39.5 Å². The van der Waals surface area contributed by atoms with Gasteiger partial charge in [0.1, 0.15) is 0 Å². The molecule has 0 aliphatic carbocycles. The summed E-state index contributed by atoms with van der Waals surface area (Å²) in [5.74, 6) is -1.16. The topological polar surface area (TPSA) is 65.5 Å². The van der Waals surface area contributed by atoms with Crippen LogP contribution in [0.3, 0.4) is 0 Å². The van der Waals surface area contributed by atoms with Gasteiger partial charge >= 0.3 is 11.9 Å². The summed E-state index contributed by atoms with van der Waals surface area (Å²) in [6, 6.07) is 5.09. The molecule has 0 N–H and O–H groups in total. The molecule has 1 unspecified atom stereocenters. The first-order valence-electron chi connectivity index (χ1n) is 6.70. The predicted octanol–water partition coefficient (Wildman–Crippen LogP) is 2.52. The Hall–Kier alpha value is -1.91. The van der Waals surface area contributed by atoms with Crippen LogP contribution >= 0.6 is 0 Å². The predicted molar refractivity (Wildman–Crippen MR) is 73.7 cm³/mol. The molecule has 1 aromatic heterocycles. The van der Waals surface area contributed by atoms with Crippen LogP contribution in [0.2, 0.25) is 0 Å². The van der Waals surface area contributed by atoms with E-state index in [1.165, 1.54) is 0 Å². The molecule has 0 aliphatic rings. The summed E-state index contributed by atoms with van der Waals surface area (Å²) in [6.45, 7) is 7.56. The van der Waals surface area contributed by atoms with Gasteiger partial charge in [0.05, 0.1) is 18.2 Å². The van der Waals surface area contributed by atoms with E-state index in [1.54, 1.807) is 38.2 Å². The summed E-state index contributed by atoms with van der Waals surface area (Å²) in [5, 5.41) is 0. The highest BCUT2D eigenvalue weighted by Gasteiger charge is 2.28. The van der Waals surface area contributed by atoms with Crippen LogP contribution in [-0.4, -0.2) is 23.5 Å². The fourth-order valence-corrected chi connectivity index (χ4v) is 1.34. The van der Waals surface area contributed by atoms with E-state index in [4.69, 9.17) is 9.47 Å². The van der Waals surface area contributed by atoms with Gasteiger partial charge in [-0.1, -0.05) is 33.8 Å². The van der Waals surface area contributed by atoms with Crippen LogP contribution < -0.4 is 0 Å². The van der Waals surface area contributed by atoms with E-state index in [0.717, 1.165) is 0 Å². The lowest BCUT2D eigenvalue weighted by atomic mass is 10.2. The first kappa shape index (κ1) is 16.1.